The highest BCUT2D eigenvalue weighted by Crippen LogP contribution is 2.09. The van der Waals surface area contributed by atoms with Crippen LogP contribution < -0.4 is 27.8 Å². The number of nitrogens with two attached hydrogens (primary N) is 3. The molecule has 8 N–H and O–H groups in total. The first-order chi connectivity index (χ1) is 13.8. The van der Waals surface area contributed by atoms with Crippen LogP contribution in [-0.4, -0.2) is 42.4 Å². The van der Waals surface area contributed by atoms with Gasteiger partial charge in [0.25, 0.3) is 0 Å². The Labute approximate surface area is 173 Å². The molecule has 0 aliphatic carbocycles. The normalized spacial score (nSPS) is 15.0. The number of amides is 3. The fourth-order valence-electron chi connectivity index (χ4n) is 2.89. The van der Waals surface area contributed by atoms with E-state index in [1.54, 1.807) is 0 Å². The zero-order valence-corrected chi connectivity index (χ0v) is 17.4. The molecule has 0 bridgehead atoms. The van der Waals surface area contributed by atoms with Gasteiger partial charge in [0.1, 0.15) is 12.1 Å². The monoisotopic (exact) mass is 405 g/mol. The molecule has 0 radical (unpaired) electrons. The van der Waals surface area contributed by atoms with E-state index in [0.717, 1.165) is 18.4 Å². The molecule has 162 valence electrons. The van der Waals surface area contributed by atoms with E-state index in [0.29, 0.717) is 19.4 Å². The van der Waals surface area contributed by atoms with E-state index < -0.39 is 35.8 Å². The highest BCUT2D eigenvalue weighted by molar-refractivity contribution is 5.92. The molecule has 3 amide bonds. The number of unbranched alkanes of at least 4 members (excludes halogenated alkanes) is 1. The van der Waals surface area contributed by atoms with Crippen molar-refractivity contribution in [3.63, 3.8) is 0 Å². The zero-order chi connectivity index (χ0) is 21.8. The maximum atomic E-state index is 12.9. The summed E-state index contributed by atoms with van der Waals surface area (Å²) in [6.45, 7) is 4.33. The van der Waals surface area contributed by atoms with Crippen LogP contribution in [0.5, 0.6) is 0 Å². The third kappa shape index (κ3) is 8.62. The van der Waals surface area contributed by atoms with Crippen molar-refractivity contribution in [1.82, 2.24) is 10.6 Å². The second kappa shape index (κ2) is 12.9. The summed E-state index contributed by atoms with van der Waals surface area (Å²) in [6, 6.07) is 6.93. The molecule has 0 unspecified atom stereocenters. The van der Waals surface area contributed by atoms with E-state index in [4.69, 9.17) is 17.2 Å². The molecule has 8 heteroatoms. The third-order valence-corrected chi connectivity index (χ3v) is 5.08. The van der Waals surface area contributed by atoms with Gasteiger partial charge in [-0.3, -0.25) is 14.4 Å². The Balaban J connectivity index is 2.91. The van der Waals surface area contributed by atoms with E-state index >= 15 is 0 Å². The van der Waals surface area contributed by atoms with Crippen LogP contribution in [0.1, 0.15) is 45.1 Å². The van der Waals surface area contributed by atoms with Crippen molar-refractivity contribution in [2.24, 2.45) is 23.1 Å². The molecule has 4 atom stereocenters. The molecular formula is C21H35N5O3. The summed E-state index contributed by atoms with van der Waals surface area (Å²) in [6.07, 6.45) is 2.82. The first-order valence-electron chi connectivity index (χ1n) is 10.2. The molecule has 1 rings (SSSR count). The van der Waals surface area contributed by atoms with Crippen LogP contribution in [0.4, 0.5) is 0 Å². The van der Waals surface area contributed by atoms with Crippen LogP contribution in [-0.2, 0) is 20.8 Å². The maximum Gasteiger partial charge on any atom is 0.243 e. The topological polar surface area (TPSA) is 153 Å². The molecule has 0 heterocycles. The molecule has 1 aromatic rings. The van der Waals surface area contributed by atoms with Gasteiger partial charge in [-0.05, 0) is 37.3 Å². The minimum absolute atomic E-state index is 0.0231. The first kappa shape index (κ1) is 24.6. The Morgan fingerprint density at radius 1 is 1.00 bits per heavy atom. The zero-order valence-electron chi connectivity index (χ0n) is 17.4. The van der Waals surface area contributed by atoms with E-state index in [2.05, 4.69) is 10.6 Å². The molecule has 1 aromatic carbocycles. The van der Waals surface area contributed by atoms with Crippen LogP contribution in [0.2, 0.25) is 0 Å². The number of hydrogen-bond donors (Lipinski definition) is 5. The molecule has 8 nitrogen and oxygen atoms in total. The Hall–Kier alpha value is -2.45. The van der Waals surface area contributed by atoms with E-state index in [1.807, 2.05) is 44.2 Å². The second-order valence-electron chi connectivity index (χ2n) is 7.41. The number of nitrogens with one attached hydrogen (secondary N) is 2. The SMILES string of the molecule is CC[C@@H](C)[C@@H](N)C(=O)N[C@@H](Cc1ccccc1)C(=O)N[C@@H](CCCCN)C(N)=O. The number of carbonyl (C=O) groups is 3. The quantitative estimate of drug-likeness (QED) is 0.296. The molecule has 0 aliphatic heterocycles. The fraction of sp³-hybridized carbons (Fsp3) is 0.571. The second-order valence-corrected chi connectivity index (χ2v) is 7.41. The molecule has 0 saturated heterocycles. The minimum atomic E-state index is -0.864. The Morgan fingerprint density at radius 2 is 1.62 bits per heavy atom. The molecule has 29 heavy (non-hydrogen) atoms. The molecule has 0 aromatic heterocycles. The number of benzene rings is 1. The Morgan fingerprint density at radius 3 is 2.17 bits per heavy atom. The molecule has 0 spiro atoms. The Kier molecular flexibility index (Phi) is 10.9. The molecule has 0 aliphatic rings. The van der Waals surface area contributed by atoms with Crippen molar-refractivity contribution in [1.29, 1.82) is 0 Å². The predicted octanol–water partition coefficient (Wildman–Crippen LogP) is 0.186. The predicted molar refractivity (Wildman–Crippen MR) is 114 cm³/mol. The van der Waals surface area contributed by atoms with E-state index in [-0.39, 0.29) is 12.3 Å². The fourth-order valence-corrected chi connectivity index (χ4v) is 2.89. The van der Waals surface area contributed by atoms with Gasteiger partial charge in [-0.1, -0.05) is 50.6 Å². The molecule has 0 saturated carbocycles. The maximum absolute atomic E-state index is 12.9. The lowest BCUT2D eigenvalue weighted by molar-refractivity contribution is -0.132. The van der Waals surface area contributed by atoms with Crippen LogP contribution in [0.15, 0.2) is 30.3 Å². The standard InChI is InChI=1S/C21H35N5O3/c1-3-14(2)18(23)21(29)26-17(13-15-9-5-4-6-10-15)20(28)25-16(19(24)27)11-7-8-12-22/h4-6,9-10,14,16-18H,3,7-8,11-13,22-23H2,1-2H3,(H2,24,27)(H,25,28)(H,26,29)/t14-,16+,17+,18-/m1/s1. The van der Waals surface area contributed by atoms with Gasteiger partial charge < -0.3 is 27.8 Å². The van der Waals surface area contributed by atoms with Gasteiger partial charge in [-0.2, -0.15) is 0 Å². The van der Waals surface area contributed by atoms with Crippen molar-refractivity contribution >= 4 is 17.7 Å². The summed E-state index contributed by atoms with van der Waals surface area (Å²) in [7, 11) is 0. The number of primary amides is 1. The van der Waals surface area contributed by atoms with Crippen LogP contribution in [0.25, 0.3) is 0 Å². The largest absolute Gasteiger partial charge is 0.368 e. The average Bonchev–Trinajstić information content (AvgIpc) is 2.71. The van der Waals surface area contributed by atoms with Crippen molar-refractivity contribution in [3.05, 3.63) is 35.9 Å². The highest BCUT2D eigenvalue weighted by Gasteiger charge is 2.28. The average molecular weight is 406 g/mol. The van der Waals surface area contributed by atoms with Crippen LogP contribution in [0.3, 0.4) is 0 Å². The van der Waals surface area contributed by atoms with Gasteiger partial charge in [0.05, 0.1) is 6.04 Å². The van der Waals surface area contributed by atoms with Gasteiger partial charge in [0, 0.05) is 6.42 Å². The number of rotatable bonds is 13. The summed E-state index contributed by atoms with van der Waals surface area (Å²) in [4.78, 5) is 37.2. The van der Waals surface area contributed by atoms with Gasteiger partial charge in [0.2, 0.25) is 17.7 Å². The smallest absolute Gasteiger partial charge is 0.243 e. The number of carbonyl (C=O) groups excluding carboxylic acids is 3. The first-order valence-corrected chi connectivity index (χ1v) is 10.2. The lowest BCUT2D eigenvalue weighted by Gasteiger charge is -2.25. The summed E-state index contributed by atoms with van der Waals surface area (Å²) >= 11 is 0. The number of hydrogen-bond acceptors (Lipinski definition) is 5. The van der Waals surface area contributed by atoms with Gasteiger partial charge in [0.15, 0.2) is 0 Å². The lowest BCUT2D eigenvalue weighted by atomic mass is 9.98. The van der Waals surface area contributed by atoms with Gasteiger partial charge in [-0.25, -0.2) is 0 Å². The van der Waals surface area contributed by atoms with Crippen molar-refractivity contribution in [2.75, 3.05) is 6.54 Å². The third-order valence-electron chi connectivity index (χ3n) is 5.08. The van der Waals surface area contributed by atoms with Crippen molar-refractivity contribution < 1.29 is 14.4 Å². The summed E-state index contributed by atoms with van der Waals surface area (Å²) in [5.41, 5.74) is 17.8. The van der Waals surface area contributed by atoms with Crippen LogP contribution in [0, 0.1) is 5.92 Å². The molecule has 0 fully saturated rings. The minimum Gasteiger partial charge on any atom is -0.368 e. The van der Waals surface area contributed by atoms with Crippen molar-refractivity contribution in [2.45, 2.75) is 64.1 Å². The highest BCUT2D eigenvalue weighted by atomic mass is 16.2. The van der Waals surface area contributed by atoms with Gasteiger partial charge in [-0.15, -0.1) is 0 Å². The molecular weight excluding hydrogens is 370 g/mol. The Bertz CT molecular complexity index is 653. The summed E-state index contributed by atoms with van der Waals surface area (Å²) in [5, 5.41) is 5.42. The van der Waals surface area contributed by atoms with E-state index in [1.165, 1.54) is 0 Å². The van der Waals surface area contributed by atoms with Crippen LogP contribution >= 0.6 is 0 Å². The summed E-state index contributed by atoms with van der Waals surface area (Å²) < 4.78 is 0. The lowest BCUT2D eigenvalue weighted by Crippen LogP contribution is -2.56. The van der Waals surface area contributed by atoms with Crippen molar-refractivity contribution in [3.8, 4) is 0 Å². The van der Waals surface area contributed by atoms with Gasteiger partial charge >= 0.3 is 0 Å². The van der Waals surface area contributed by atoms with E-state index in [9.17, 15) is 14.4 Å². The summed E-state index contributed by atoms with van der Waals surface area (Å²) in [5.74, 6) is -1.49.